The van der Waals surface area contributed by atoms with Gasteiger partial charge in [0.15, 0.2) is 0 Å². The lowest BCUT2D eigenvalue weighted by atomic mass is 9.98. The van der Waals surface area contributed by atoms with Crippen LogP contribution in [0.4, 0.5) is 0 Å². The lowest BCUT2D eigenvalue weighted by Crippen LogP contribution is -2.23. The molecule has 112 valence electrons. The van der Waals surface area contributed by atoms with E-state index in [0.29, 0.717) is 6.61 Å². The van der Waals surface area contributed by atoms with Gasteiger partial charge in [-0.15, -0.1) is 0 Å². The van der Waals surface area contributed by atoms with Gasteiger partial charge in [0.25, 0.3) is 0 Å². The summed E-state index contributed by atoms with van der Waals surface area (Å²) in [6, 6.07) is 12.7. The second-order valence-corrected chi connectivity index (χ2v) is 5.12. The third kappa shape index (κ3) is 4.30. The first-order valence-corrected chi connectivity index (χ1v) is 7.63. The monoisotopic (exact) mass is 284 g/mol. The Morgan fingerprint density at radius 1 is 1.14 bits per heavy atom. The first-order valence-electron chi connectivity index (χ1n) is 7.63. The molecule has 1 aromatic heterocycles. The van der Waals surface area contributed by atoms with Crippen molar-refractivity contribution in [3.63, 3.8) is 0 Å². The zero-order chi connectivity index (χ0) is 15.1. The Kier molecular flexibility index (Phi) is 5.76. The van der Waals surface area contributed by atoms with Gasteiger partial charge in [-0.2, -0.15) is 0 Å². The smallest absolute Gasteiger partial charge is 0.119 e. The molecule has 0 radical (unpaired) electrons. The maximum Gasteiger partial charge on any atom is 0.119 e. The fraction of sp³-hybridized carbons (Fsp3) is 0.389. The molecule has 1 heterocycles. The van der Waals surface area contributed by atoms with E-state index in [4.69, 9.17) is 4.74 Å². The number of aromatic nitrogens is 1. The van der Waals surface area contributed by atoms with E-state index in [-0.39, 0.29) is 6.04 Å². The predicted molar refractivity (Wildman–Crippen MR) is 86.7 cm³/mol. The highest BCUT2D eigenvalue weighted by atomic mass is 16.5. The van der Waals surface area contributed by atoms with E-state index in [2.05, 4.69) is 47.6 Å². The number of ether oxygens (including phenoxy) is 1. The van der Waals surface area contributed by atoms with E-state index < -0.39 is 0 Å². The fourth-order valence-electron chi connectivity index (χ4n) is 2.41. The number of hydrogen-bond acceptors (Lipinski definition) is 3. The number of pyridine rings is 1. The van der Waals surface area contributed by atoms with Gasteiger partial charge in [0, 0.05) is 11.9 Å². The van der Waals surface area contributed by atoms with Crippen LogP contribution in [0.1, 0.15) is 43.1 Å². The van der Waals surface area contributed by atoms with Crippen molar-refractivity contribution in [2.45, 2.75) is 33.2 Å². The van der Waals surface area contributed by atoms with Gasteiger partial charge >= 0.3 is 0 Å². The average Bonchev–Trinajstić information content (AvgIpc) is 2.49. The average molecular weight is 284 g/mol. The molecule has 0 fully saturated rings. The van der Waals surface area contributed by atoms with Crippen LogP contribution >= 0.6 is 0 Å². The largest absolute Gasteiger partial charge is 0.494 e. The lowest BCUT2D eigenvalue weighted by Gasteiger charge is -2.20. The van der Waals surface area contributed by atoms with E-state index in [1.165, 1.54) is 11.1 Å². The summed E-state index contributed by atoms with van der Waals surface area (Å²) in [7, 11) is 0. The molecule has 0 spiro atoms. The zero-order valence-corrected chi connectivity index (χ0v) is 13.1. The minimum Gasteiger partial charge on any atom is -0.494 e. The SMILES string of the molecule is CCCNC(c1cccc(OCC)c1)c1ccnc(C)c1. The molecule has 3 nitrogen and oxygen atoms in total. The Morgan fingerprint density at radius 2 is 1.95 bits per heavy atom. The van der Waals surface area contributed by atoms with Crippen molar-refractivity contribution in [2.24, 2.45) is 0 Å². The number of benzene rings is 1. The summed E-state index contributed by atoms with van der Waals surface area (Å²) in [5.41, 5.74) is 3.50. The summed E-state index contributed by atoms with van der Waals surface area (Å²) in [5, 5.41) is 3.62. The number of rotatable bonds is 7. The maximum absolute atomic E-state index is 5.62. The van der Waals surface area contributed by atoms with Gasteiger partial charge in [0.1, 0.15) is 5.75 Å². The van der Waals surface area contributed by atoms with Crippen LogP contribution in [0.25, 0.3) is 0 Å². The standard InChI is InChI=1S/C18H24N2O/c1-4-10-20-18(16-9-11-19-14(3)12-16)15-7-6-8-17(13-15)21-5-2/h6-9,11-13,18,20H,4-5,10H2,1-3H3. The number of hydrogen-bond donors (Lipinski definition) is 1. The van der Waals surface area contributed by atoms with Gasteiger partial charge in [-0.3, -0.25) is 4.98 Å². The van der Waals surface area contributed by atoms with Gasteiger partial charge in [-0.05, 0) is 62.2 Å². The van der Waals surface area contributed by atoms with Gasteiger partial charge in [0.2, 0.25) is 0 Å². The fourth-order valence-corrected chi connectivity index (χ4v) is 2.41. The van der Waals surface area contributed by atoms with Crippen LogP contribution in [-0.2, 0) is 0 Å². The Bertz CT molecular complexity index is 569. The third-order valence-electron chi connectivity index (χ3n) is 3.35. The summed E-state index contributed by atoms with van der Waals surface area (Å²) in [4.78, 5) is 4.29. The molecule has 1 unspecified atom stereocenters. The van der Waals surface area contributed by atoms with Crippen molar-refractivity contribution >= 4 is 0 Å². The Morgan fingerprint density at radius 3 is 2.67 bits per heavy atom. The summed E-state index contributed by atoms with van der Waals surface area (Å²) >= 11 is 0. The highest BCUT2D eigenvalue weighted by Gasteiger charge is 2.14. The summed E-state index contributed by atoms with van der Waals surface area (Å²) < 4.78 is 5.62. The Labute approximate surface area is 127 Å². The molecular formula is C18H24N2O. The predicted octanol–water partition coefficient (Wildman–Crippen LogP) is 3.88. The number of nitrogens with zero attached hydrogens (tertiary/aromatic N) is 1. The molecule has 0 saturated heterocycles. The van der Waals surface area contributed by atoms with Crippen molar-refractivity contribution in [3.05, 3.63) is 59.4 Å². The van der Waals surface area contributed by atoms with Crippen molar-refractivity contribution < 1.29 is 4.74 Å². The van der Waals surface area contributed by atoms with Crippen LogP contribution in [0.15, 0.2) is 42.6 Å². The Hall–Kier alpha value is -1.87. The van der Waals surface area contributed by atoms with E-state index >= 15 is 0 Å². The van der Waals surface area contributed by atoms with Crippen LogP contribution in [0.3, 0.4) is 0 Å². The Balaban J connectivity index is 2.33. The normalized spacial score (nSPS) is 12.1. The molecule has 1 atom stereocenters. The second-order valence-electron chi connectivity index (χ2n) is 5.12. The highest BCUT2D eigenvalue weighted by Crippen LogP contribution is 2.25. The number of nitrogens with one attached hydrogen (secondary N) is 1. The van der Waals surface area contributed by atoms with Crippen LogP contribution in [0, 0.1) is 6.92 Å². The highest BCUT2D eigenvalue weighted by molar-refractivity contribution is 5.36. The first-order chi connectivity index (χ1) is 10.2. The topological polar surface area (TPSA) is 34.1 Å². The van der Waals surface area contributed by atoms with E-state index in [1.54, 1.807) is 0 Å². The molecule has 21 heavy (non-hydrogen) atoms. The summed E-state index contributed by atoms with van der Waals surface area (Å²) in [5.74, 6) is 0.920. The summed E-state index contributed by atoms with van der Waals surface area (Å²) in [6.07, 6.45) is 2.98. The van der Waals surface area contributed by atoms with Gasteiger partial charge in [-0.25, -0.2) is 0 Å². The van der Waals surface area contributed by atoms with Crippen LogP contribution in [-0.4, -0.2) is 18.1 Å². The number of aryl methyl sites for hydroxylation is 1. The molecule has 2 rings (SSSR count). The van der Waals surface area contributed by atoms with Gasteiger partial charge in [-0.1, -0.05) is 19.1 Å². The maximum atomic E-state index is 5.62. The zero-order valence-electron chi connectivity index (χ0n) is 13.1. The first kappa shape index (κ1) is 15.5. The molecule has 0 aliphatic rings. The second kappa shape index (κ2) is 7.79. The van der Waals surface area contributed by atoms with Gasteiger partial charge < -0.3 is 10.1 Å². The van der Waals surface area contributed by atoms with Crippen molar-refractivity contribution in [1.82, 2.24) is 10.3 Å². The molecule has 0 amide bonds. The van der Waals surface area contributed by atoms with Gasteiger partial charge in [0.05, 0.1) is 12.6 Å². The minimum absolute atomic E-state index is 0.173. The molecular weight excluding hydrogens is 260 g/mol. The van der Waals surface area contributed by atoms with E-state index in [1.807, 2.05) is 26.1 Å². The van der Waals surface area contributed by atoms with Crippen LogP contribution in [0.5, 0.6) is 5.75 Å². The molecule has 2 aromatic rings. The molecule has 0 aliphatic heterocycles. The van der Waals surface area contributed by atoms with Crippen molar-refractivity contribution in [3.8, 4) is 5.75 Å². The molecule has 1 N–H and O–H groups in total. The van der Waals surface area contributed by atoms with Crippen molar-refractivity contribution in [2.75, 3.05) is 13.2 Å². The van der Waals surface area contributed by atoms with Crippen molar-refractivity contribution in [1.29, 1.82) is 0 Å². The van der Waals surface area contributed by atoms with Crippen LogP contribution in [0.2, 0.25) is 0 Å². The molecule has 3 heteroatoms. The quantitative estimate of drug-likeness (QED) is 0.838. The molecule has 0 saturated carbocycles. The van der Waals surface area contributed by atoms with Crippen LogP contribution < -0.4 is 10.1 Å². The molecule has 1 aromatic carbocycles. The third-order valence-corrected chi connectivity index (χ3v) is 3.35. The lowest BCUT2D eigenvalue weighted by molar-refractivity contribution is 0.339. The minimum atomic E-state index is 0.173. The molecule has 0 aliphatic carbocycles. The van der Waals surface area contributed by atoms with E-state index in [9.17, 15) is 0 Å². The summed E-state index contributed by atoms with van der Waals surface area (Å²) in [6.45, 7) is 7.87. The molecule has 0 bridgehead atoms. The van der Waals surface area contributed by atoms with E-state index in [0.717, 1.165) is 24.4 Å².